The summed E-state index contributed by atoms with van der Waals surface area (Å²) < 4.78 is 42.0. The summed E-state index contributed by atoms with van der Waals surface area (Å²) in [4.78, 5) is 8.25. The number of aromatic nitrogens is 5. The van der Waals surface area contributed by atoms with E-state index in [1.807, 2.05) is 17.1 Å². The SMILES string of the molecule is CC(C)n1ncc2cc(CNCC3CCc4nc(C(F)(F)F)cn4C3)cnc21. The molecular formula is C19H23F3N6. The van der Waals surface area contributed by atoms with Crippen LogP contribution in [0.5, 0.6) is 0 Å². The first-order valence-corrected chi connectivity index (χ1v) is 9.47. The van der Waals surface area contributed by atoms with Gasteiger partial charge < -0.3 is 9.88 Å². The summed E-state index contributed by atoms with van der Waals surface area (Å²) in [6.07, 6.45) is 1.83. The van der Waals surface area contributed by atoms with E-state index in [4.69, 9.17) is 0 Å². The minimum Gasteiger partial charge on any atom is -0.334 e. The fourth-order valence-corrected chi connectivity index (χ4v) is 3.70. The molecule has 0 spiro atoms. The summed E-state index contributed by atoms with van der Waals surface area (Å²) >= 11 is 0. The van der Waals surface area contributed by atoms with Crippen LogP contribution in [0.1, 0.15) is 43.4 Å². The lowest BCUT2D eigenvalue weighted by atomic mass is 9.99. The van der Waals surface area contributed by atoms with Gasteiger partial charge in [-0.15, -0.1) is 0 Å². The van der Waals surface area contributed by atoms with Crippen molar-refractivity contribution in [1.29, 1.82) is 0 Å². The van der Waals surface area contributed by atoms with Crippen LogP contribution in [0.25, 0.3) is 11.0 Å². The standard InChI is InChI=1S/C19H23F3N6/c1-12(2)28-18-15(9-25-28)5-14(8-24-18)7-23-6-13-3-4-17-26-16(19(20,21)22)11-27(17)10-13/h5,8-9,11-13,23H,3-4,6-7,10H2,1-2H3. The molecule has 4 rings (SSSR count). The number of aryl methyl sites for hydroxylation is 1. The highest BCUT2D eigenvalue weighted by Crippen LogP contribution is 2.30. The molecule has 9 heteroatoms. The van der Waals surface area contributed by atoms with Crippen molar-refractivity contribution < 1.29 is 13.2 Å². The van der Waals surface area contributed by atoms with Crippen molar-refractivity contribution in [2.24, 2.45) is 5.92 Å². The van der Waals surface area contributed by atoms with Gasteiger partial charge in [0.15, 0.2) is 11.3 Å². The van der Waals surface area contributed by atoms with Gasteiger partial charge in [-0.05, 0) is 44.4 Å². The summed E-state index contributed by atoms with van der Waals surface area (Å²) in [7, 11) is 0. The molecule has 0 saturated carbocycles. The van der Waals surface area contributed by atoms with Gasteiger partial charge in [0.1, 0.15) is 5.82 Å². The maximum Gasteiger partial charge on any atom is 0.434 e. The zero-order chi connectivity index (χ0) is 19.9. The van der Waals surface area contributed by atoms with E-state index in [2.05, 4.69) is 40.3 Å². The maximum absolute atomic E-state index is 12.8. The third kappa shape index (κ3) is 3.76. The normalized spacial score (nSPS) is 17.4. The highest BCUT2D eigenvalue weighted by atomic mass is 19.4. The molecule has 0 saturated heterocycles. The number of hydrogen-bond acceptors (Lipinski definition) is 4. The molecular weight excluding hydrogens is 369 g/mol. The van der Waals surface area contributed by atoms with E-state index in [0.29, 0.717) is 25.3 Å². The summed E-state index contributed by atoms with van der Waals surface area (Å²) in [6.45, 7) is 6.09. The molecule has 1 aliphatic heterocycles. The third-order valence-corrected chi connectivity index (χ3v) is 5.12. The van der Waals surface area contributed by atoms with Crippen LogP contribution in [0.2, 0.25) is 0 Å². The number of nitrogens with one attached hydrogen (secondary N) is 1. The fraction of sp³-hybridized carbons (Fsp3) is 0.526. The second-order valence-corrected chi connectivity index (χ2v) is 7.67. The molecule has 3 aromatic heterocycles. The van der Waals surface area contributed by atoms with Crippen LogP contribution in [0.4, 0.5) is 13.2 Å². The summed E-state index contributed by atoms with van der Waals surface area (Å²) in [6, 6.07) is 2.33. The van der Waals surface area contributed by atoms with Gasteiger partial charge in [-0.1, -0.05) is 0 Å². The Morgan fingerprint density at radius 2 is 2.11 bits per heavy atom. The maximum atomic E-state index is 12.8. The number of hydrogen-bond donors (Lipinski definition) is 1. The molecule has 0 amide bonds. The predicted molar refractivity (Wildman–Crippen MR) is 98.7 cm³/mol. The molecule has 0 bridgehead atoms. The molecule has 1 N–H and O–H groups in total. The Hall–Kier alpha value is -2.42. The van der Waals surface area contributed by atoms with Crippen molar-refractivity contribution in [2.45, 2.75) is 52.0 Å². The zero-order valence-corrected chi connectivity index (χ0v) is 15.9. The van der Waals surface area contributed by atoms with Crippen molar-refractivity contribution in [1.82, 2.24) is 29.6 Å². The molecule has 1 atom stereocenters. The minimum atomic E-state index is -4.38. The lowest BCUT2D eigenvalue weighted by Crippen LogP contribution is -2.29. The van der Waals surface area contributed by atoms with Crippen molar-refractivity contribution >= 4 is 11.0 Å². The fourth-order valence-electron chi connectivity index (χ4n) is 3.70. The number of pyridine rings is 1. The second kappa shape index (κ2) is 7.20. The second-order valence-electron chi connectivity index (χ2n) is 7.67. The molecule has 6 nitrogen and oxygen atoms in total. The van der Waals surface area contributed by atoms with Gasteiger partial charge in [0.25, 0.3) is 0 Å². The van der Waals surface area contributed by atoms with Crippen LogP contribution in [-0.4, -0.2) is 30.9 Å². The monoisotopic (exact) mass is 392 g/mol. The van der Waals surface area contributed by atoms with Gasteiger partial charge in [0, 0.05) is 43.3 Å². The molecule has 28 heavy (non-hydrogen) atoms. The van der Waals surface area contributed by atoms with Crippen molar-refractivity contribution in [3.8, 4) is 0 Å². The van der Waals surface area contributed by atoms with Crippen LogP contribution < -0.4 is 5.32 Å². The summed E-state index contributed by atoms with van der Waals surface area (Å²) in [5.74, 6) is 0.809. The largest absolute Gasteiger partial charge is 0.434 e. The van der Waals surface area contributed by atoms with Crippen molar-refractivity contribution in [2.75, 3.05) is 6.54 Å². The minimum absolute atomic E-state index is 0.256. The number of imidazole rings is 1. The first-order valence-electron chi connectivity index (χ1n) is 9.47. The zero-order valence-electron chi connectivity index (χ0n) is 15.9. The van der Waals surface area contributed by atoms with E-state index in [0.717, 1.165) is 35.8 Å². The Labute approximate surface area is 160 Å². The molecule has 4 heterocycles. The first-order chi connectivity index (χ1) is 13.3. The Kier molecular flexibility index (Phi) is 4.86. The lowest BCUT2D eigenvalue weighted by molar-refractivity contribution is -0.141. The summed E-state index contributed by atoms with van der Waals surface area (Å²) in [5, 5.41) is 8.79. The van der Waals surface area contributed by atoms with Gasteiger partial charge in [0.05, 0.1) is 6.20 Å². The van der Waals surface area contributed by atoms with Crippen molar-refractivity contribution in [3.05, 3.63) is 41.7 Å². The predicted octanol–water partition coefficient (Wildman–Crippen LogP) is 3.58. The molecule has 0 radical (unpaired) electrons. The highest BCUT2D eigenvalue weighted by molar-refractivity contribution is 5.75. The molecule has 0 aliphatic carbocycles. The summed E-state index contributed by atoms with van der Waals surface area (Å²) in [5.41, 5.74) is 1.14. The number of alkyl halides is 3. The van der Waals surface area contributed by atoms with E-state index < -0.39 is 11.9 Å². The van der Waals surface area contributed by atoms with Crippen molar-refractivity contribution in [3.63, 3.8) is 0 Å². The lowest BCUT2D eigenvalue weighted by Gasteiger charge is -2.24. The van der Waals surface area contributed by atoms with E-state index in [-0.39, 0.29) is 12.0 Å². The van der Waals surface area contributed by atoms with Crippen LogP contribution in [0, 0.1) is 5.92 Å². The van der Waals surface area contributed by atoms with Gasteiger partial charge in [-0.25, -0.2) is 14.6 Å². The smallest absolute Gasteiger partial charge is 0.334 e. The Balaban J connectivity index is 1.34. The number of halogens is 3. The van der Waals surface area contributed by atoms with E-state index >= 15 is 0 Å². The molecule has 1 unspecified atom stereocenters. The Bertz CT molecular complexity index is 972. The number of rotatable bonds is 5. The average Bonchev–Trinajstić information content (AvgIpc) is 3.24. The Morgan fingerprint density at radius 3 is 2.86 bits per heavy atom. The van der Waals surface area contributed by atoms with E-state index in [1.165, 1.54) is 0 Å². The van der Waals surface area contributed by atoms with Crippen LogP contribution in [0.15, 0.2) is 24.7 Å². The van der Waals surface area contributed by atoms with Gasteiger partial charge >= 0.3 is 6.18 Å². The third-order valence-electron chi connectivity index (χ3n) is 5.12. The van der Waals surface area contributed by atoms with Crippen LogP contribution in [0.3, 0.4) is 0 Å². The molecule has 0 aromatic carbocycles. The first kappa shape index (κ1) is 18.9. The van der Waals surface area contributed by atoms with Crippen LogP contribution >= 0.6 is 0 Å². The molecule has 0 fully saturated rings. The highest BCUT2D eigenvalue weighted by Gasteiger charge is 2.35. The van der Waals surface area contributed by atoms with E-state index in [1.54, 1.807) is 4.57 Å². The Morgan fingerprint density at radius 1 is 1.29 bits per heavy atom. The molecule has 150 valence electrons. The molecule has 3 aromatic rings. The average molecular weight is 392 g/mol. The van der Waals surface area contributed by atoms with Crippen LogP contribution in [-0.2, 0) is 25.7 Å². The number of fused-ring (bicyclic) bond motifs is 2. The van der Waals surface area contributed by atoms with Gasteiger partial charge in [-0.2, -0.15) is 18.3 Å². The topological polar surface area (TPSA) is 60.6 Å². The van der Waals surface area contributed by atoms with Gasteiger partial charge in [-0.3, -0.25) is 0 Å². The quantitative estimate of drug-likeness (QED) is 0.721. The van der Waals surface area contributed by atoms with E-state index in [9.17, 15) is 13.2 Å². The molecule has 1 aliphatic rings. The number of nitrogens with zero attached hydrogens (tertiary/aromatic N) is 5. The van der Waals surface area contributed by atoms with Gasteiger partial charge in [0.2, 0.25) is 0 Å².